The third-order valence-electron chi connectivity index (χ3n) is 4.62. The molecule has 0 saturated carbocycles. The average molecular weight is 412 g/mol. The number of likely N-dealkylation sites (tertiary alicyclic amines) is 1. The van der Waals surface area contributed by atoms with E-state index in [1.165, 1.54) is 4.90 Å². The molecule has 1 heterocycles. The first-order valence-electron chi connectivity index (χ1n) is 9.95. The molecule has 1 aliphatic heterocycles. The van der Waals surface area contributed by atoms with Crippen LogP contribution in [0.5, 0.6) is 5.75 Å². The number of hydrogen-bond donors (Lipinski definition) is 2. The first-order valence-corrected chi connectivity index (χ1v) is 9.95. The number of carbonyl (C=O) groups excluding carboxylic acids is 2. The molecule has 2 aromatic carbocycles. The minimum atomic E-state index is -0.852. The Balaban J connectivity index is 1.52. The molecule has 0 bridgehead atoms. The number of hydrogen-bond acceptors (Lipinski definition) is 5. The van der Waals surface area contributed by atoms with Crippen molar-refractivity contribution in [1.82, 2.24) is 10.2 Å². The van der Waals surface area contributed by atoms with Gasteiger partial charge in [0.2, 0.25) is 0 Å². The number of benzene rings is 2. The summed E-state index contributed by atoms with van der Waals surface area (Å²) in [6, 6.07) is 16.1. The maximum Gasteiger partial charge on any atom is 0.410 e. The van der Waals surface area contributed by atoms with E-state index in [1.807, 2.05) is 30.3 Å². The molecule has 0 unspecified atom stereocenters. The van der Waals surface area contributed by atoms with Gasteiger partial charge in [0.1, 0.15) is 18.0 Å². The van der Waals surface area contributed by atoms with Crippen molar-refractivity contribution in [3.63, 3.8) is 0 Å². The standard InChI is InChI=1S/C23H28N2O5/c1-23(2,3)30-22(28)25-13-19(20(26)14-25)24-21(27)17-9-11-18(12-10-17)29-15-16-7-5-4-6-8-16/h4-12,19-20,26H,13-15H2,1-3H3,(H,24,27)/t19-,20-/m1/s1. The minimum Gasteiger partial charge on any atom is -0.489 e. The van der Waals surface area contributed by atoms with E-state index in [4.69, 9.17) is 9.47 Å². The summed E-state index contributed by atoms with van der Waals surface area (Å²) in [5.74, 6) is 0.340. The minimum absolute atomic E-state index is 0.117. The Kier molecular flexibility index (Phi) is 6.62. The van der Waals surface area contributed by atoms with Crippen LogP contribution in [0.25, 0.3) is 0 Å². The van der Waals surface area contributed by atoms with E-state index in [-0.39, 0.29) is 19.0 Å². The molecule has 0 aliphatic carbocycles. The number of amides is 2. The molecule has 1 saturated heterocycles. The molecule has 2 amide bonds. The number of carbonyl (C=O) groups is 2. The van der Waals surface area contributed by atoms with Crippen molar-refractivity contribution in [2.75, 3.05) is 13.1 Å². The van der Waals surface area contributed by atoms with Crippen LogP contribution in [0.4, 0.5) is 4.79 Å². The summed E-state index contributed by atoms with van der Waals surface area (Å²) >= 11 is 0. The summed E-state index contributed by atoms with van der Waals surface area (Å²) in [5.41, 5.74) is 0.891. The van der Waals surface area contributed by atoms with Crippen LogP contribution in [-0.4, -0.2) is 52.8 Å². The summed E-state index contributed by atoms with van der Waals surface area (Å²) in [6.07, 6.45) is -1.35. The monoisotopic (exact) mass is 412 g/mol. The lowest BCUT2D eigenvalue weighted by Crippen LogP contribution is -2.43. The highest BCUT2D eigenvalue weighted by molar-refractivity contribution is 5.94. The molecular formula is C23H28N2O5. The molecule has 7 nitrogen and oxygen atoms in total. The molecule has 2 atom stereocenters. The lowest BCUT2D eigenvalue weighted by atomic mass is 10.1. The average Bonchev–Trinajstić information content (AvgIpc) is 3.07. The van der Waals surface area contributed by atoms with Crippen LogP contribution in [0.2, 0.25) is 0 Å². The molecule has 3 rings (SSSR count). The van der Waals surface area contributed by atoms with Gasteiger partial charge >= 0.3 is 6.09 Å². The lowest BCUT2D eigenvalue weighted by Gasteiger charge is -2.24. The van der Waals surface area contributed by atoms with Crippen LogP contribution in [0.3, 0.4) is 0 Å². The second-order valence-electron chi connectivity index (χ2n) is 8.33. The molecule has 160 valence electrons. The quantitative estimate of drug-likeness (QED) is 0.788. The number of aliphatic hydroxyl groups excluding tert-OH is 1. The second-order valence-corrected chi connectivity index (χ2v) is 8.33. The fourth-order valence-corrected chi connectivity index (χ4v) is 3.10. The van der Waals surface area contributed by atoms with Gasteiger partial charge in [-0.15, -0.1) is 0 Å². The van der Waals surface area contributed by atoms with Crippen LogP contribution in [0.15, 0.2) is 54.6 Å². The SMILES string of the molecule is CC(C)(C)OC(=O)N1C[C@@H](O)[C@H](NC(=O)c2ccc(OCc3ccccc3)cc2)C1. The Morgan fingerprint density at radius 1 is 1.07 bits per heavy atom. The summed E-state index contributed by atoms with van der Waals surface area (Å²) in [6.45, 7) is 6.10. The predicted octanol–water partition coefficient (Wildman–Crippen LogP) is 2.98. The number of nitrogens with one attached hydrogen (secondary N) is 1. The molecule has 0 aromatic heterocycles. The summed E-state index contributed by atoms with van der Waals surface area (Å²) in [4.78, 5) is 26.1. The largest absolute Gasteiger partial charge is 0.489 e. The smallest absolute Gasteiger partial charge is 0.410 e. The van der Waals surface area contributed by atoms with Gasteiger partial charge in [-0.05, 0) is 50.6 Å². The van der Waals surface area contributed by atoms with Gasteiger partial charge in [-0.25, -0.2) is 4.79 Å². The van der Waals surface area contributed by atoms with Gasteiger partial charge in [-0.3, -0.25) is 4.79 Å². The zero-order valence-corrected chi connectivity index (χ0v) is 17.5. The third kappa shape index (κ3) is 5.97. The number of ether oxygens (including phenoxy) is 2. The molecule has 7 heteroatoms. The van der Waals surface area contributed by atoms with Crippen molar-refractivity contribution in [1.29, 1.82) is 0 Å². The van der Waals surface area contributed by atoms with E-state index >= 15 is 0 Å². The van der Waals surface area contributed by atoms with Gasteiger partial charge in [0.05, 0.1) is 18.7 Å². The van der Waals surface area contributed by atoms with Crippen molar-refractivity contribution in [3.05, 3.63) is 65.7 Å². The Bertz CT molecular complexity index is 861. The van der Waals surface area contributed by atoms with Gasteiger partial charge in [0, 0.05) is 12.1 Å². The molecule has 2 aromatic rings. The molecule has 0 radical (unpaired) electrons. The van der Waals surface area contributed by atoms with E-state index in [2.05, 4.69) is 5.32 Å². The molecule has 30 heavy (non-hydrogen) atoms. The highest BCUT2D eigenvalue weighted by atomic mass is 16.6. The van der Waals surface area contributed by atoms with Crippen molar-refractivity contribution in [3.8, 4) is 5.75 Å². The summed E-state index contributed by atoms with van der Waals surface area (Å²) in [5, 5.41) is 13.0. The summed E-state index contributed by atoms with van der Waals surface area (Å²) in [7, 11) is 0. The van der Waals surface area contributed by atoms with Crippen LogP contribution < -0.4 is 10.1 Å². The molecule has 1 aliphatic rings. The first-order chi connectivity index (χ1) is 14.2. The zero-order chi connectivity index (χ0) is 21.7. The van der Waals surface area contributed by atoms with Gasteiger partial charge in [-0.1, -0.05) is 30.3 Å². The molecule has 2 N–H and O–H groups in total. The van der Waals surface area contributed by atoms with Crippen LogP contribution in [0.1, 0.15) is 36.7 Å². The van der Waals surface area contributed by atoms with Crippen LogP contribution >= 0.6 is 0 Å². The molecule has 1 fully saturated rings. The zero-order valence-electron chi connectivity index (χ0n) is 17.5. The maximum atomic E-state index is 12.5. The second kappa shape index (κ2) is 9.17. The van der Waals surface area contributed by atoms with Gasteiger partial charge < -0.3 is 24.8 Å². The van der Waals surface area contributed by atoms with Crippen molar-refractivity contribution < 1.29 is 24.2 Å². The van der Waals surface area contributed by atoms with E-state index < -0.39 is 23.8 Å². The number of aliphatic hydroxyl groups is 1. The van der Waals surface area contributed by atoms with E-state index in [1.54, 1.807) is 45.0 Å². The van der Waals surface area contributed by atoms with E-state index in [0.29, 0.717) is 17.9 Å². The van der Waals surface area contributed by atoms with Crippen LogP contribution in [-0.2, 0) is 11.3 Å². The first kappa shape index (κ1) is 21.6. The number of rotatable bonds is 5. The molecule has 0 spiro atoms. The number of β-amino-alcohol motifs (C(OH)–C–C–N with tert-alkyl or cyclic N) is 1. The maximum absolute atomic E-state index is 12.5. The Morgan fingerprint density at radius 3 is 2.37 bits per heavy atom. The van der Waals surface area contributed by atoms with Crippen LogP contribution in [0, 0.1) is 0 Å². The topological polar surface area (TPSA) is 88.1 Å². The lowest BCUT2D eigenvalue weighted by molar-refractivity contribution is 0.0269. The molecular weight excluding hydrogens is 384 g/mol. The highest BCUT2D eigenvalue weighted by Crippen LogP contribution is 2.18. The fourth-order valence-electron chi connectivity index (χ4n) is 3.10. The van der Waals surface area contributed by atoms with Crippen molar-refractivity contribution in [2.24, 2.45) is 0 Å². The van der Waals surface area contributed by atoms with E-state index in [0.717, 1.165) is 5.56 Å². The van der Waals surface area contributed by atoms with Gasteiger partial charge in [-0.2, -0.15) is 0 Å². The van der Waals surface area contributed by atoms with Crippen molar-refractivity contribution >= 4 is 12.0 Å². The Morgan fingerprint density at radius 2 is 1.73 bits per heavy atom. The summed E-state index contributed by atoms with van der Waals surface area (Å²) < 4.78 is 11.1. The third-order valence-corrected chi connectivity index (χ3v) is 4.62. The normalized spacial score (nSPS) is 18.7. The predicted molar refractivity (Wildman–Crippen MR) is 112 cm³/mol. The van der Waals surface area contributed by atoms with Crippen molar-refractivity contribution in [2.45, 2.75) is 45.1 Å². The van der Waals surface area contributed by atoms with E-state index in [9.17, 15) is 14.7 Å². The Hall–Kier alpha value is -3.06. The van der Waals surface area contributed by atoms with Gasteiger partial charge in [0.25, 0.3) is 5.91 Å². The highest BCUT2D eigenvalue weighted by Gasteiger charge is 2.37. The fraction of sp³-hybridized carbons (Fsp3) is 0.391. The Labute approximate surface area is 176 Å². The number of nitrogens with zero attached hydrogens (tertiary/aromatic N) is 1. The van der Waals surface area contributed by atoms with Gasteiger partial charge in [0.15, 0.2) is 0 Å².